The molecule has 1 aliphatic heterocycles. The normalized spacial score (nSPS) is 16.5. The lowest BCUT2D eigenvalue weighted by Gasteiger charge is -2.22. The van der Waals surface area contributed by atoms with E-state index in [0.717, 1.165) is 11.1 Å². The van der Waals surface area contributed by atoms with Crippen molar-refractivity contribution in [2.45, 2.75) is 18.9 Å². The van der Waals surface area contributed by atoms with E-state index >= 15 is 0 Å². The van der Waals surface area contributed by atoms with Gasteiger partial charge in [-0.15, -0.1) is 0 Å². The number of nitrogens with zero attached hydrogens (tertiary/aromatic N) is 2. The minimum atomic E-state index is -0.897. The van der Waals surface area contributed by atoms with Gasteiger partial charge in [0, 0.05) is 6.42 Å². The number of ketones is 1. The fourth-order valence-corrected chi connectivity index (χ4v) is 3.92. The topological polar surface area (TPSA) is 99.4 Å². The maximum Gasteiger partial charge on any atom is 0.296 e. The minimum absolute atomic E-state index is 0.0244. The smallest absolute Gasteiger partial charge is 0.296 e. The molecule has 5 rings (SSSR count). The number of H-pyrrole nitrogens is 1. The Labute approximate surface area is 177 Å². The zero-order valence-corrected chi connectivity index (χ0v) is 16.5. The van der Waals surface area contributed by atoms with Crippen molar-refractivity contribution in [1.82, 2.24) is 9.97 Å². The van der Waals surface area contributed by atoms with Crippen LogP contribution in [0.1, 0.15) is 23.8 Å². The van der Waals surface area contributed by atoms with Crippen LogP contribution in [-0.4, -0.2) is 26.8 Å². The number of aliphatic hydroxyl groups excluding tert-OH is 1. The Morgan fingerprint density at radius 2 is 1.84 bits per heavy atom. The predicted octanol–water partition coefficient (Wildman–Crippen LogP) is 4.26. The summed E-state index contributed by atoms with van der Waals surface area (Å²) in [5.41, 5.74) is 2.44. The third-order valence-electron chi connectivity index (χ3n) is 5.41. The second-order valence-electron chi connectivity index (χ2n) is 7.34. The summed E-state index contributed by atoms with van der Waals surface area (Å²) < 4.78 is 5.55. The number of aliphatic hydroxyl groups is 1. The van der Waals surface area contributed by atoms with Gasteiger partial charge in [0.05, 0.1) is 22.9 Å². The molecule has 1 amide bonds. The molecule has 0 fully saturated rings. The number of amides is 1. The number of aromatic amines is 1. The van der Waals surface area contributed by atoms with Crippen molar-refractivity contribution in [2.75, 3.05) is 4.90 Å². The third-order valence-corrected chi connectivity index (χ3v) is 5.41. The van der Waals surface area contributed by atoms with E-state index in [4.69, 9.17) is 4.42 Å². The van der Waals surface area contributed by atoms with Crippen LogP contribution in [0.2, 0.25) is 0 Å². The average molecular weight is 413 g/mol. The largest absolute Gasteiger partial charge is 0.503 e. The van der Waals surface area contributed by atoms with Crippen LogP contribution in [0.25, 0.3) is 11.0 Å². The zero-order chi connectivity index (χ0) is 21.4. The number of imidazole rings is 1. The number of carbonyl (C=O) groups excluding carboxylic acids is 2. The van der Waals surface area contributed by atoms with E-state index in [9.17, 15) is 14.7 Å². The van der Waals surface area contributed by atoms with Crippen LogP contribution in [0.15, 0.2) is 88.7 Å². The summed E-state index contributed by atoms with van der Waals surface area (Å²) in [6.07, 6.45) is 2.13. The van der Waals surface area contributed by atoms with Crippen molar-refractivity contribution in [3.05, 3.63) is 95.6 Å². The Hall–Kier alpha value is -4.13. The Bertz CT molecular complexity index is 1260. The van der Waals surface area contributed by atoms with E-state index in [1.807, 2.05) is 54.6 Å². The SMILES string of the molecule is O=C(CCc1ccccc1)C1=C(O)C(=O)N(c2nc3ccccc3[nH]2)C1c1ccco1. The molecule has 4 aromatic rings. The first-order chi connectivity index (χ1) is 15.1. The Kier molecular flexibility index (Phi) is 4.63. The number of Topliss-reactive ketones (excluding diaryl/α,β-unsaturated/α-hetero) is 1. The van der Waals surface area contributed by atoms with Crippen LogP contribution >= 0.6 is 0 Å². The molecule has 31 heavy (non-hydrogen) atoms. The van der Waals surface area contributed by atoms with Gasteiger partial charge in [0.1, 0.15) is 11.8 Å². The van der Waals surface area contributed by atoms with E-state index in [0.29, 0.717) is 17.7 Å². The van der Waals surface area contributed by atoms with Gasteiger partial charge in [0.25, 0.3) is 5.91 Å². The molecular formula is C24H19N3O4. The average Bonchev–Trinajstić information content (AvgIpc) is 3.51. The van der Waals surface area contributed by atoms with Crippen LogP contribution in [0, 0.1) is 0 Å². The number of nitrogens with one attached hydrogen (secondary N) is 1. The number of benzene rings is 2. The first kappa shape index (κ1) is 18.9. The molecule has 0 bridgehead atoms. The maximum atomic E-state index is 13.2. The number of anilines is 1. The highest BCUT2D eigenvalue weighted by Crippen LogP contribution is 2.41. The molecule has 7 nitrogen and oxygen atoms in total. The van der Waals surface area contributed by atoms with Gasteiger partial charge in [-0.05, 0) is 36.2 Å². The summed E-state index contributed by atoms with van der Waals surface area (Å²) in [6.45, 7) is 0. The van der Waals surface area contributed by atoms with Crippen LogP contribution in [0.4, 0.5) is 5.95 Å². The predicted molar refractivity (Wildman–Crippen MR) is 114 cm³/mol. The van der Waals surface area contributed by atoms with Crippen molar-refractivity contribution >= 4 is 28.7 Å². The lowest BCUT2D eigenvalue weighted by Crippen LogP contribution is -2.31. The van der Waals surface area contributed by atoms with Gasteiger partial charge in [-0.2, -0.15) is 0 Å². The van der Waals surface area contributed by atoms with Gasteiger partial charge < -0.3 is 14.5 Å². The minimum Gasteiger partial charge on any atom is -0.503 e. The lowest BCUT2D eigenvalue weighted by molar-refractivity contribution is -0.118. The summed E-state index contributed by atoms with van der Waals surface area (Å²) >= 11 is 0. The molecule has 2 aromatic carbocycles. The van der Waals surface area contributed by atoms with Crippen molar-refractivity contribution < 1.29 is 19.1 Å². The number of fused-ring (bicyclic) bond motifs is 1. The molecule has 7 heteroatoms. The number of furan rings is 1. The molecule has 3 heterocycles. The van der Waals surface area contributed by atoms with Crippen molar-refractivity contribution in [3.63, 3.8) is 0 Å². The molecule has 2 N–H and O–H groups in total. The van der Waals surface area contributed by atoms with Gasteiger partial charge in [-0.1, -0.05) is 42.5 Å². The highest BCUT2D eigenvalue weighted by molar-refractivity contribution is 6.16. The van der Waals surface area contributed by atoms with Crippen molar-refractivity contribution in [3.8, 4) is 0 Å². The van der Waals surface area contributed by atoms with Gasteiger partial charge in [0.2, 0.25) is 5.95 Å². The van der Waals surface area contributed by atoms with Gasteiger partial charge in [0.15, 0.2) is 11.5 Å². The molecule has 0 spiro atoms. The Morgan fingerprint density at radius 3 is 2.58 bits per heavy atom. The zero-order valence-electron chi connectivity index (χ0n) is 16.5. The van der Waals surface area contributed by atoms with E-state index in [1.165, 1.54) is 11.2 Å². The second kappa shape index (κ2) is 7.60. The molecular weight excluding hydrogens is 394 g/mol. The number of hydrogen-bond acceptors (Lipinski definition) is 5. The van der Waals surface area contributed by atoms with E-state index in [-0.39, 0.29) is 23.7 Å². The second-order valence-corrected chi connectivity index (χ2v) is 7.34. The molecule has 0 saturated carbocycles. The Morgan fingerprint density at radius 1 is 1.06 bits per heavy atom. The van der Waals surface area contributed by atoms with E-state index in [1.54, 1.807) is 12.1 Å². The van der Waals surface area contributed by atoms with Crippen LogP contribution < -0.4 is 4.90 Å². The van der Waals surface area contributed by atoms with Crippen molar-refractivity contribution in [2.24, 2.45) is 0 Å². The molecule has 0 radical (unpaired) electrons. The van der Waals surface area contributed by atoms with E-state index < -0.39 is 17.7 Å². The summed E-state index contributed by atoms with van der Waals surface area (Å²) in [5.74, 6) is -0.955. The molecule has 1 unspecified atom stereocenters. The number of para-hydroxylation sites is 2. The van der Waals surface area contributed by atoms with Crippen LogP contribution in [0.3, 0.4) is 0 Å². The summed E-state index contributed by atoms with van der Waals surface area (Å²) in [5, 5.41) is 10.7. The standard InChI is InChI=1S/C24H19N3O4/c28-18(13-12-15-7-2-1-3-8-15)20-21(19-11-6-14-31-19)27(23(30)22(20)29)24-25-16-9-4-5-10-17(16)26-24/h1-11,14,21,29H,12-13H2,(H,25,26). The third kappa shape index (κ3) is 3.30. The number of hydrogen-bond donors (Lipinski definition) is 2. The number of aryl methyl sites for hydroxylation is 1. The molecule has 1 atom stereocenters. The first-order valence-corrected chi connectivity index (χ1v) is 9.95. The molecule has 1 aliphatic rings. The monoisotopic (exact) mass is 413 g/mol. The van der Waals surface area contributed by atoms with Gasteiger partial charge >= 0.3 is 0 Å². The van der Waals surface area contributed by atoms with Crippen molar-refractivity contribution in [1.29, 1.82) is 0 Å². The Balaban J connectivity index is 1.52. The first-order valence-electron chi connectivity index (χ1n) is 9.95. The molecule has 0 saturated heterocycles. The van der Waals surface area contributed by atoms with Gasteiger partial charge in [-0.25, -0.2) is 4.98 Å². The fourth-order valence-electron chi connectivity index (χ4n) is 3.92. The molecule has 0 aliphatic carbocycles. The number of aromatic nitrogens is 2. The van der Waals surface area contributed by atoms with E-state index in [2.05, 4.69) is 9.97 Å². The fraction of sp³-hybridized carbons (Fsp3) is 0.125. The quantitative estimate of drug-likeness (QED) is 0.492. The highest BCUT2D eigenvalue weighted by Gasteiger charge is 2.46. The van der Waals surface area contributed by atoms with Gasteiger partial charge in [-0.3, -0.25) is 14.5 Å². The summed E-state index contributed by atoms with van der Waals surface area (Å²) in [7, 11) is 0. The number of carbonyl (C=O) groups is 2. The summed E-state index contributed by atoms with van der Waals surface area (Å²) in [4.78, 5) is 35.1. The van der Waals surface area contributed by atoms with Crippen LogP contribution in [-0.2, 0) is 16.0 Å². The molecule has 2 aromatic heterocycles. The van der Waals surface area contributed by atoms with Crippen LogP contribution in [0.5, 0.6) is 0 Å². The number of rotatable bonds is 6. The molecule has 154 valence electrons. The highest BCUT2D eigenvalue weighted by atomic mass is 16.3. The summed E-state index contributed by atoms with van der Waals surface area (Å²) in [6, 6.07) is 19.4. The maximum absolute atomic E-state index is 13.2. The lowest BCUT2D eigenvalue weighted by atomic mass is 9.96.